The van der Waals surface area contributed by atoms with Crippen molar-refractivity contribution in [3.05, 3.63) is 30.2 Å². The minimum Gasteiger partial charge on any atom is -0.472 e. The Kier molecular flexibility index (Phi) is 2.50. The summed E-state index contributed by atoms with van der Waals surface area (Å²) in [5, 5.41) is 9.55. The Morgan fingerprint density at radius 1 is 1.38 bits per heavy atom. The van der Waals surface area contributed by atoms with Gasteiger partial charge < -0.3 is 9.52 Å². The quantitative estimate of drug-likeness (QED) is 0.717. The van der Waals surface area contributed by atoms with E-state index in [4.69, 9.17) is 4.42 Å². The monoisotopic (exact) mass is 178 g/mol. The minimum atomic E-state index is -0.271. The summed E-state index contributed by atoms with van der Waals surface area (Å²) in [6, 6.07) is 1.95. The van der Waals surface area contributed by atoms with E-state index in [1.807, 2.05) is 12.1 Å². The van der Waals surface area contributed by atoms with Crippen LogP contribution in [0.15, 0.2) is 29.1 Å². The lowest BCUT2D eigenvalue weighted by molar-refractivity contribution is 0.211. The molecule has 0 fully saturated rings. The molecule has 0 radical (unpaired) electrons. The van der Waals surface area contributed by atoms with E-state index >= 15 is 0 Å². The van der Waals surface area contributed by atoms with Crippen LogP contribution >= 0.6 is 0 Å². The summed E-state index contributed by atoms with van der Waals surface area (Å²) in [6.07, 6.45) is 9.31. The highest BCUT2D eigenvalue weighted by atomic mass is 16.3. The Morgan fingerprint density at radius 3 is 3.08 bits per heavy atom. The molecule has 1 N–H and O–H groups in total. The highest BCUT2D eigenvalue weighted by Gasteiger charge is 2.11. The predicted octanol–water partition coefficient (Wildman–Crippen LogP) is 2.60. The predicted molar refractivity (Wildman–Crippen MR) is 51.2 cm³/mol. The van der Waals surface area contributed by atoms with Gasteiger partial charge in [-0.1, -0.05) is 12.5 Å². The topological polar surface area (TPSA) is 33.4 Å². The molecule has 1 atom stereocenters. The molecule has 1 aliphatic rings. The number of aliphatic hydroxyl groups is 1. The van der Waals surface area contributed by atoms with Gasteiger partial charge in [0.2, 0.25) is 0 Å². The molecule has 0 amide bonds. The second-order valence-corrected chi connectivity index (χ2v) is 3.52. The maximum Gasteiger partial charge on any atom is 0.0977 e. The van der Waals surface area contributed by atoms with Crippen molar-refractivity contribution in [3.63, 3.8) is 0 Å². The van der Waals surface area contributed by atoms with Crippen LogP contribution in [0.3, 0.4) is 0 Å². The highest BCUT2D eigenvalue weighted by Crippen LogP contribution is 2.26. The van der Waals surface area contributed by atoms with Gasteiger partial charge in [-0.05, 0) is 30.9 Å². The molecule has 2 rings (SSSR count). The van der Waals surface area contributed by atoms with Crippen LogP contribution in [0.25, 0.3) is 5.57 Å². The van der Waals surface area contributed by atoms with Gasteiger partial charge in [-0.15, -0.1) is 0 Å². The fraction of sp³-hybridized carbons (Fsp3) is 0.455. The molecule has 0 saturated carbocycles. The van der Waals surface area contributed by atoms with E-state index in [0.717, 1.165) is 31.2 Å². The lowest BCUT2D eigenvalue weighted by atomic mass is 10.0. The minimum absolute atomic E-state index is 0.271. The second-order valence-electron chi connectivity index (χ2n) is 3.52. The first-order chi connectivity index (χ1) is 6.36. The Hall–Kier alpha value is -1.02. The molecule has 70 valence electrons. The van der Waals surface area contributed by atoms with Crippen molar-refractivity contribution in [2.24, 2.45) is 0 Å². The van der Waals surface area contributed by atoms with E-state index in [0.29, 0.717) is 0 Å². The third-order valence-electron chi connectivity index (χ3n) is 2.48. The van der Waals surface area contributed by atoms with E-state index in [2.05, 4.69) is 0 Å². The smallest absolute Gasteiger partial charge is 0.0977 e. The average molecular weight is 178 g/mol. The molecule has 1 unspecified atom stereocenters. The van der Waals surface area contributed by atoms with Gasteiger partial charge in [-0.2, -0.15) is 0 Å². The highest BCUT2D eigenvalue weighted by molar-refractivity contribution is 5.65. The largest absolute Gasteiger partial charge is 0.472 e. The van der Waals surface area contributed by atoms with Crippen LogP contribution in [0.5, 0.6) is 0 Å². The molecule has 1 aliphatic carbocycles. The molecule has 1 aromatic heterocycles. The van der Waals surface area contributed by atoms with Crippen molar-refractivity contribution in [3.8, 4) is 0 Å². The number of rotatable bonds is 1. The molecule has 13 heavy (non-hydrogen) atoms. The van der Waals surface area contributed by atoms with Gasteiger partial charge in [-0.25, -0.2) is 0 Å². The molecular formula is C11H14O2. The standard InChI is InChI=1S/C11H14O2/c12-11-4-2-1-3-9(7-11)10-5-6-13-8-10/h5-8,11-12H,1-4H2. The molecule has 0 aliphatic heterocycles. The van der Waals surface area contributed by atoms with Gasteiger partial charge in [0.05, 0.1) is 18.6 Å². The number of furan rings is 1. The van der Waals surface area contributed by atoms with Gasteiger partial charge in [0.15, 0.2) is 0 Å². The molecule has 0 aromatic carbocycles. The summed E-state index contributed by atoms with van der Waals surface area (Å²) in [5.74, 6) is 0. The summed E-state index contributed by atoms with van der Waals surface area (Å²) < 4.78 is 5.02. The SMILES string of the molecule is OC1C=C(c2ccoc2)CCCC1. The maximum atomic E-state index is 9.55. The molecule has 1 heterocycles. The normalized spacial score (nSPS) is 23.8. The molecule has 2 heteroatoms. The first-order valence-electron chi connectivity index (χ1n) is 4.77. The third-order valence-corrected chi connectivity index (χ3v) is 2.48. The third kappa shape index (κ3) is 2.01. The Bertz CT molecular complexity index is 285. The zero-order valence-corrected chi connectivity index (χ0v) is 7.57. The van der Waals surface area contributed by atoms with Gasteiger partial charge in [0.1, 0.15) is 0 Å². The molecule has 1 aromatic rings. The lowest BCUT2D eigenvalue weighted by Gasteiger charge is -2.02. The van der Waals surface area contributed by atoms with E-state index < -0.39 is 0 Å². The first kappa shape index (κ1) is 8.57. The van der Waals surface area contributed by atoms with Crippen LogP contribution in [-0.4, -0.2) is 11.2 Å². The number of hydrogen-bond acceptors (Lipinski definition) is 2. The van der Waals surface area contributed by atoms with E-state index in [1.165, 1.54) is 5.57 Å². The van der Waals surface area contributed by atoms with Crippen molar-refractivity contribution in [2.75, 3.05) is 0 Å². The van der Waals surface area contributed by atoms with Crippen LogP contribution in [0.2, 0.25) is 0 Å². The van der Waals surface area contributed by atoms with Crippen LogP contribution in [-0.2, 0) is 0 Å². The second kappa shape index (κ2) is 3.79. The maximum absolute atomic E-state index is 9.55. The number of allylic oxidation sites excluding steroid dienone is 1. The van der Waals surface area contributed by atoms with Crippen LogP contribution < -0.4 is 0 Å². The van der Waals surface area contributed by atoms with Crippen LogP contribution in [0, 0.1) is 0 Å². The Balaban J connectivity index is 2.21. The Morgan fingerprint density at radius 2 is 2.31 bits per heavy atom. The zero-order chi connectivity index (χ0) is 9.10. The van der Waals surface area contributed by atoms with Crippen molar-refractivity contribution in [1.82, 2.24) is 0 Å². The number of aliphatic hydroxyl groups excluding tert-OH is 1. The van der Waals surface area contributed by atoms with Gasteiger partial charge >= 0.3 is 0 Å². The van der Waals surface area contributed by atoms with Crippen LogP contribution in [0.4, 0.5) is 0 Å². The van der Waals surface area contributed by atoms with Gasteiger partial charge in [-0.3, -0.25) is 0 Å². The van der Waals surface area contributed by atoms with E-state index in [-0.39, 0.29) is 6.10 Å². The van der Waals surface area contributed by atoms with Crippen LogP contribution in [0.1, 0.15) is 31.2 Å². The zero-order valence-electron chi connectivity index (χ0n) is 7.57. The Labute approximate surface area is 77.9 Å². The fourth-order valence-electron chi connectivity index (χ4n) is 1.76. The molecule has 0 spiro atoms. The van der Waals surface area contributed by atoms with Gasteiger partial charge in [0.25, 0.3) is 0 Å². The fourth-order valence-corrected chi connectivity index (χ4v) is 1.76. The summed E-state index contributed by atoms with van der Waals surface area (Å²) in [4.78, 5) is 0. The number of hydrogen-bond donors (Lipinski definition) is 1. The molecule has 2 nitrogen and oxygen atoms in total. The van der Waals surface area contributed by atoms with Crippen molar-refractivity contribution >= 4 is 5.57 Å². The molecule has 0 bridgehead atoms. The van der Waals surface area contributed by atoms with Crippen molar-refractivity contribution in [1.29, 1.82) is 0 Å². The first-order valence-corrected chi connectivity index (χ1v) is 4.77. The lowest BCUT2D eigenvalue weighted by Crippen LogP contribution is -1.99. The molecular weight excluding hydrogens is 164 g/mol. The van der Waals surface area contributed by atoms with E-state index in [9.17, 15) is 5.11 Å². The van der Waals surface area contributed by atoms with Gasteiger partial charge in [0, 0.05) is 5.56 Å². The summed E-state index contributed by atoms with van der Waals surface area (Å²) in [7, 11) is 0. The summed E-state index contributed by atoms with van der Waals surface area (Å²) >= 11 is 0. The molecule has 0 saturated heterocycles. The van der Waals surface area contributed by atoms with E-state index in [1.54, 1.807) is 12.5 Å². The average Bonchev–Trinajstić information content (AvgIpc) is 2.56. The van der Waals surface area contributed by atoms with Crippen molar-refractivity contribution in [2.45, 2.75) is 31.8 Å². The van der Waals surface area contributed by atoms with Crippen molar-refractivity contribution < 1.29 is 9.52 Å². The summed E-state index contributed by atoms with van der Waals surface area (Å²) in [6.45, 7) is 0. The summed E-state index contributed by atoms with van der Waals surface area (Å²) in [5.41, 5.74) is 2.33.